The summed E-state index contributed by atoms with van der Waals surface area (Å²) in [5, 5.41) is 11.9. The molecule has 1 amide bonds. The first-order valence-electron chi connectivity index (χ1n) is 7.73. The van der Waals surface area contributed by atoms with Crippen LogP contribution < -0.4 is 14.8 Å². The molecule has 2 N–H and O–H groups in total. The predicted octanol–water partition coefficient (Wildman–Crippen LogP) is 2.87. The number of halogens is 3. The number of carbonyl (C=O) groups excluding carboxylic acids is 1. The van der Waals surface area contributed by atoms with Gasteiger partial charge in [-0.3, -0.25) is 4.79 Å². The topological polar surface area (TPSA) is 84.9 Å². The maximum atomic E-state index is 12.1. The Labute approximate surface area is 141 Å². The highest BCUT2D eigenvalue weighted by atomic mass is 19.4. The van der Waals surface area contributed by atoms with Crippen molar-refractivity contribution in [2.45, 2.75) is 44.0 Å². The molecule has 0 heterocycles. The van der Waals surface area contributed by atoms with Gasteiger partial charge in [-0.2, -0.15) is 0 Å². The van der Waals surface area contributed by atoms with Gasteiger partial charge in [0.15, 0.2) is 6.61 Å². The number of aliphatic carboxylic acids is 1. The summed E-state index contributed by atoms with van der Waals surface area (Å²) in [4.78, 5) is 23.5. The van der Waals surface area contributed by atoms with E-state index in [0.717, 1.165) is 18.6 Å². The molecule has 0 aliphatic heterocycles. The van der Waals surface area contributed by atoms with Crippen LogP contribution in [0.3, 0.4) is 0 Å². The number of carbonyl (C=O) groups is 2. The molecule has 0 saturated heterocycles. The first kappa shape index (κ1) is 18.9. The van der Waals surface area contributed by atoms with Gasteiger partial charge in [0.1, 0.15) is 17.0 Å². The minimum absolute atomic E-state index is 0.165. The van der Waals surface area contributed by atoms with Crippen LogP contribution in [0.5, 0.6) is 11.5 Å². The van der Waals surface area contributed by atoms with Crippen LogP contribution in [0.4, 0.5) is 13.2 Å². The smallest absolute Gasteiger partial charge is 0.484 e. The molecule has 9 heteroatoms. The van der Waals surface area contributed by atoms with E-state index in [1.165, 1.54) is 12.1 Å². The molecule has 0 radical (unpaired) electrons. The lowest BCUT2D eigenvalue weighted by Gasteiger charge is -2.33. The normalized spacial score (nSPS) is 16.8. The molecule has 1 aliphatic carbocycles. The third-order valence-corrected chi connectivity index (χ3v) is 3.92. The van der Waals surface area contributed by atoms with Gasteiger partial charge in [0, 0.05) is 0 Å². The summed E-state index contributed by atoms with van der Waals surface area (Å²) in [7, 11) is 0. The highest BCUT2D eigenvalue weighted by Gasteiger charge is 2.40. The molecule has 6 nitrogen and oxygen atoms in total. The summed E-state index contributed by atoms with van der Waals surface area (Å²) in [6.07, 6.45) is -1.71. The molecule has 0 spiro atoms. The van der Waals surface area contributed by atoms with E-state index in [-0.39, 0.29) is 5.75 Å². The zero-order chi connectivity index (χ0) is 18.5. The Morgan fingerprint density at radius 2 is 1.64 bits per heavy atom. The van der Waals surface area contributed by atoms with Gasteiger partial charge in [0.05, 0.1) is 0 Å². The molecule has 0 aromatic heterocycles. The average molecular weight is 361 g/mol. The molecule has 2 rings (SSSR count). The van der Waals surface area contributed by atoms with Crippen LogP contribution in [-0.2, 0) is 9.59 Å². The quantitative estimate of drug-likeness (QED) is 0.814. The Hall–Kier alpha value is -2.45. The van der Waals surface area contributed by atoms with Crippen molar-refractivity contribution in [2.75, 3.05) is 6.61 Å². The third kappa shape index (κ3) is 5.54. The van der Waals surface area contributed by atoms with E-state index in [0.29, 0.717) is 25.7 Å². The molecule has 1 saturated carbocycles. The van der Waals surface area contributed by atoms with Crippen molar-refractivity contribution < 1.29 is 37.3 Å². The highest BCUT2D eigenvalue weighted by molar-refractivity contribution is 5.87. The Morgan fingerprint density at radius 1 is 1.08 bits per heavy atom. The fourth-order valence-electron chi connectivity index (χ4n) is 2.74. The molecule has 1 fully saturated rings. The molecule has 1 aromatic rings. The van der Waals surface area contributed by atoms with Crippen LogP contribution >= 0.6 is 0 Å². The molecule has 25 heavy (non-hydrogen) atoms. The van der Waals surface area contributed by atoms with E-state index in [1.807, 2.05) is 0 Å². The van der Waals surface area contributed by atoms with Crippen molar-refractivity contribution in [3.05, 3.63) is 24.3 Å². The van der Waals surface area contributed by atoms with Crippen molar-refractivity contribution >= 4 is 11.9 Å². The summed E-state index contributed by atoms with van der Waals surface area (Å²) in [6, 6.07) is 4.56. The molecular weight excluding hydrogens is 343 g/mol. The Kier molecular flexibility index (Phi) is 5.76. The van der Waals surface area contributed by atoms with E-state index >= 15 is 0 Å². The van der Waals surface area contributed by atoms with Crippen LogP contribution in [0.1, 0.15) is 32.1 Å². The summed E-state index contributed by atoms with van der Waals surface area (Å²) < 4.78 is 45.1. The monoisotopic (exact) mass is 361 g/mol. The number of nitrogens with one attached hydrogen (secondary N) is 1. The zero-order valence-corrected chi connectivity index (χ0v) is 13.3. The third-order valence-electron chi connectivity index (χ3n) is 3.92. The Bertz CT molecular complexity index is 609. The first-order chi connectivity index (χ1) is 11.7. The second-order valence-corrected chi connectivity index (χ2v) is 5.80. The number of carboxylic acid groups (broad SMARTS) is 1. The molecule has 138 valence electrons. The van der Waals surface area contributed by atoms with Crippen LogP contribution in [-0.4, -0.2) is 35.5 Å². The molecule has 1 aliphatic rings. The Balaban J connectivity index is 1.88. The lowest BCUT2D eigenvalue weighted by Crippen LogP contribution is -2.56. The fourth-order valence-corrected chi connectivity index (χ4v) is 2.74. The number of rotatable bonds is 6. The fraction of sp³-hybridized carbons (Fsp3) is 0.500. The predicted molar refractivity (Wildman–Crippen MR) is 80.2 cm³/mol. The van der Waals surface area contributed by atoms with Crippen molar-refractivity contribution in [3.63, 3.8) is 0 Å². The summed E-state index contributed by atoms with van der Waals surface area (Å²) >= 11 is 0. The minimum Gasteiger partial charge on any atom is -0.484 e. The molecule has 1 aromatic carbocycles. The number of carboxylic acids is 1. The number of hydrogen-bond acceptors (Lipinski definition) is 4. The van der Waals surface area contributed by atoms with Crippen LogP contribution in [0.25, 0.3) is 0 Å². The van der Waals surface area contributed by atoms with E-state index in [9.17, 15) is 27.9 Å². The lowest BCUT2D eigenvalue weighted by molar-refractivity contribution is -0.274. The minimum atomic E-state index is -4.78. The Morgan fingerprint density at radius 3 is 2.16 bits per heavy atom. The van der Waals surface area contributed by atoms with E-state index in [2.05, 4.69) is 10.1 Å². The van der Waals surface area contributed by atoms with Crippen molar-refractivity contribution in [1.29, 1.82) is 0 Å². The van der Waals surface area contributed by atoms with Gasteiger partial charge >= 0.3 is 12.3 Å². The van der Waals surface area contributed by atoms with E-state index in [1.54, 1.807) is 0 Å². The van der Waals surface area contributed by atoms with Crippen molar-refractivity contribution in [3.8, 4) is 11.5 Å². The largest absolute Gasteiger partial charge is 0.573 e. The molecule has 0 unspecified atom stereocenters. The van der Waals surface area contributed by atoms with Gasteiger partial charge in [-0.1, -0.05) is 19.3 Å². The van der Waals surface area contributed by atoms with Crippen molar-refractivity contribution in [1.82, 2.24) is 5.32 Å². The van der Waals surface area contributed by atoms with Crippen LogP contribution in [0.15, 0.2) is 24.3 Å². The van der Waals surface area contributed by atoms with Crippen molar-refractivity contribution in [2.24, 2.45) is 0 Å². The second-order valence-electron chi connectivity index (χ2n) is 5.80. The number of ether oxygens (including phenoxy) is 2. The van der Waals surface area contributed by atoms with E-state index < -0.39 is 36.1 Å². The molecular formula is C16H18F3NO5. The van der Waals surface area contributed by atoms with Gasteiger partial charge in [-0.25, -0.2) is 4.79 Å². The van der Waals surface area contributed by atoms with E-state index in [4.69, 9.17) is 4.74 Å². The second kappa shape index (κ2) is 7.62. The van der Waals surface area contributed by atoms with Gasteiger partial charge in [0.2, 0.25) is 0 Å². The van der Waals surface area contributed by atoms with Crippen LogP contribution in [0, 0.1) is 0 Å². The summed E-state index contributed by atoms with van der Waals surface area (Å²) in [6.45, 7) is -0.436. The van der Waals surface area contributed by atoms with Gasteiger partial charge in [-0.15, -0.1) is 13.2 Å². The standard InChI is InChI=1S/C16H18F3NO5/c17-16(18,19)25-12-6-4-11(5-7-12)24-10-13(21)20-15(14(22)23)8-2-1-3-9-15/h4-7H,1-3,8-10H2,(H,20,21)(H,22,23). The first-order valence-corrected chi connectivity index (χ1v) is 7.73. The number of benzene rings is 1. The zero-order valence-electron chi connectivity index (χ0n) is 13.3. The maximum absolute atomic E-state index is 12.1. The molecule has 0 bridgehead atoms. The molecule has 0 atom stereocenters. The number of amides is 1. The van der Waals surface area contributed by atoms with Gasteiger partial charge < -0.3 is 19.9 Å². The summed E-state index contributed by atoms with van der Waals surface area (Å²) in [5.41, 5.74) is -1.27. The number of alkyl halides is 3. The van der Waals surface area contributed by atoms with Gasteiger partial charge in [-0.05, 0) is 37.1 Å². The van der Waals surface area contributed by atoms with Crippen LogP contribution in [0.2, 0.25) is 0 Å². The SMILES string of the molecule is O=C(COc1ccc(OC(F)(F)F)cc1)NC1(C(=O)O)CCCCC1. The highest BCUT2D eigenvalue weighted by Crippen LogP contribution is 2.28. The van der Waals surface area contributed by atoms with Gasteiger partial charge in [0.25, 0.3) is 5.91 Å². The average Bonchev–Trinajstić information content (AvgIpc) is 2.53. The number of hydrogen-bond donors (Lipinski definition) is 2. The lowest BCUT2D eigenvalue weighted by atomic mass is 9.81. The maximum Gasteiger partial charge on any atom is 0.573 e. The summed E-state index contributed by atoms with van der Waals surface area (Å²) in [5.74, 6) is -1.91.